The second-order valence-corrected chi connectivity index (χ2v) is 10.9. The molecule has 2 rings (SSSR count). The van der Waals surface area contributed by atoms with Crippen LogP contribution in [0.4, 0.5) is 0 Å². The molecule has 0 amide bonds. The minimum Gasteiger partial charge on any atom is -0.493 e. The van der Waals surface area contributed by atoms with E-state index in [0.717, 1.165) is 11.1 Å². The van der Waals surface area contributed by atoms with Gasteiger partial charge in [-0.15, -0.1) is 4.91 Å². The average molecular weight is 565 g/mol. The van der Waals surface area contributed by atoms with E-state index in [1.54, 1.807) is 28.4 Å². The summed E-state index contributed by atoms with van der Waals surface area (Å²) >= 11 is 0. The zero-order chi connectivity index (χ0) is 30.6. The summed E-state index contributed by atoms with van der Waals surface area (Å²) in [6.07, 6.45) is 2.27. The highest BCUT2D eigenvalue weighted by atomic mass is 16.5. The van der Waals surface area contributed by atoms with Gasteiger partial charge in [0.25, 0.3) is 0 Å². The Balaban J connectivity index is 2.15. The SMILES string of the molecule is COc1ccc(C(C#N)(CCCN(CCC[C@](C#N)(c2ccc(OC)c(OC)c2)C(C)C)N=O)C(C)C)cc1OC. The number of nitrogens with zero attached hydrogens (tertiary/aromatic N) is 4. The summed E-state index contributed by atoms with van der Waals surface area (Å²) in [7, 11) is 6.30. The molecule has 0 saturated heterocycles. The standard InChI is InChI=1S/C32H44N4O5/c1-23(2)31(21-33,25-11-13-27(38-5)29(19-25)40-7)15-9-17-36(35-37)18-10-16-32(22-34,24(3)4)26-12-14-28(39-6)30(20-26)41-8/h11-14,19-20,23-24H,9-10,15-18H2,1-8H3/t31-,32?/m1/s1. The summed E-state index contributed by atoms with van der Waals surface area (Å²) in [4.78, 5) is 11.8. The molecule has 41 heavy (non-hydrogen) atoms. The van der Waals surface area contributed by atoms with Crippen LogP contribution in [0.5, 0.6) is 23.0 Å². The number of hydrogen-bond acceptors (Lipinski definition) is 8. The molecule has 0 radical (unpaired) electrons. The maximum atomic E-state index is 11.8. The molecule has 0 aliphatic rings. The summed E-state index contributed by atoms with van der Waals surface area (Å²) in [5, 5.41) is 25.4. The van der Waals surface area contributed by atoms with Crippen molar-refractivity contribution in [2.24, 2.45) is 17.1 Å². The van der Waals surface area contributed by atoms with Crippen molar-refractivity contribution in [1.29, 1.82) is 10.5 Å². The van der Waals surface area contributed by atoms with Crippen molar-refractivity contribution in [1.82, 2.24) is 5.01 Å². The van der Waals surface area contributed by atoms with Crippen LogP contribution in [0.1, 0.15) is 64.5 Å². The summed E-state index contributed by atoms with van der Waals surface area (Å²) in [5.41, 5.74) is 0.164. The number of methoxy groups -OCH3 is 4. The lowest BCUT2D eigenvalue weighted by molar-refractivity contribution is 0.240. The number of ether oxygens (including phenoxy) is 4. The fourth-order valence-electron chi connectivity index (χ4n) is 5.53. The second-order valence-electron chi connectivity index (χ2n) is 10.9. The fraction of sp³-hybridized carbons (Fsp3) is 0.562. The molecule has 0 fully saturated rings. The van der Waals surface area contributed by atoms with Crippen molar-refractivity contribution < 1.29 is 18.9 Å². The van der Waals surface area contributed by atoms with Gasteiger partial charge in [0.2, 0.25) is 0 Å². The predicted octanol–water partition coefficient (Wildman–Crippen LogP) is 6.80. The van der Waals surface area contributed by atoms with Crippen LogP contribution in [-0.4, -0.2) is 46.5 Å². The smallest absolute Gasteiger partial charge is 0.161 e. The van der Waals surface area contributed by atoms with Gasteiger partial charge in [0, 0.05) is 13.1 Å². The van der Waals surface area contributed by atoms with Gasteiger partial charge in [-0.3, -0.25) is 5.01 Å². The summed E-state index contributed by atoms with van der Waals surface area (Å²) in [6, 6.07) is 16.3. The van der Waals surface area contributed by atoms with Crippen molar-refractivity contribution in [3.8, 4) is 35.1 Å². The molecule has 0 aliphatic heterocycles. The second kappa shape index (κ2) is 15.1. The lowest BCUT2D eigenvalue weighted by Crippen LogP contribution is -2.33. The van der Waals surface area contributed by atoms with Gasteiger partial charge in [-0.2, -0.15) is 10.5 Å². The number of hydrogen-bond donors (Lipinski definition) is 0. The lowest BCUT2D eigenvalue weighted by atomic mass is 9.69. The highest BCUT2D eigenvalue weighted by Crippen LogP contribution is 2.42. The van der Waals surface area contributed by atoms with E-state index in [1.807, 2.05) is 64.1 Å². The Morgan fingerprint density at radius 3 is 1.34 bits per heavy atom. The van der Waals surface area contributed by atoms with E-state index in [9.17, 15) is 15.4 Å². The highest BCUT2D eigenvalue weighted by Gasteiger charge is 2.38. The average Bonchev–Trinajstić information content (AvgIpc) is 2.99. The van der Waals surface area contributed by atoms with Gasteiger partial charge in [0.15, 0.2) is 23.0 Å². The molecule has 2 aromatic rings. The van der Waals surface area contributed by atoms with Crippen molar-refractivity contribution in [2.75, 3.05) is 41.5 Å². The molecule has 9 heteroatoms. The van der Waals surface area contributed by atoms with Crippen molar-refractivity contribution >= 4 is 0 Å². The fourth-order valence-corrected chi connectivity index (χ4v) is 5.53. The van der Waals surface area contributed by atoms with Gasteiger partial charge in [0.1, 0.15) is 0 Å². The van der Waals surface area contributed by atoms with E-state index in [4.69, 9.17) is 18.9 Å². The predicted molar refractivity (Wildman–Crippen MR) is 159 cm³/mol. The first-order valence-electron chi connectivity index (χ1n) is 14.0. The molecule has 0 N–H and O–H groups in total. The first-order chi connectivity index (χ1) is 19.6. The molecule has 0 spiro atoms. The maximum absolute atomic E-state index is 11.8. The van der Waals surface area contributed by atoms with Crippen LogP contribution in [-0.2, 0) is 10.8 Å². The van der Waals surface area contributed by atoms with Crippen LogP contribution >= 0.6 is 0 Å². The molecule has 0 bridgehead atoms. The monoisotopic (exact) mass is 564 g/mol. The van der Waals surface area contributed by atoms with Crippen molar-refractivity contribution in [2.45, 2.75) is 64.2 Å². The summed E-state index contributed by atoms with van der Waals surface area (Å²) < 4.78 is 21.7. The first-order valence-corrected chi connectivity index (χ1v) is 14.0. The molecule has 1 unspecified atom stereocenters. The molecular weight excluding hydrogens is 520 g/mol. The Morgan fingerprint density at radius 1 is 0.707 bits per heavy atom. The van der Waals surface area contributed by atoms with Gasteiger partial charge in [-0.1, -0.05) is 39.8 Å². The Labute approximate surface area is 244 Å². The Kier molecular flexibility index (Phi) is 12.3. The van der Waals surface area contributed by atoms with Gasteiger partial charge in [-0.25, -0.2) is 0 Å². The minimum absolute atomic E-state index is 0.0204. The molecule has 0 heterocycles. The Bertz CT molecular complexity index is 1140. The molecular formula is C32H44N4O5. The van der Waals surface area contributed by atoms with Gasteiger partial charge >= 0.3 is 0 Å². The van der Waals surface area contributed by atoms with E-state index < -0.39 is 10.8 Å². The Morgan fingerprint density at radius 2 is 1.07 bits per heavy atom. The van der Waals surface area contributed by atoms with Gasteiger partial charge in [0.05, 0.1) is 56.7 Å². The highest BCUT2D eigenvalue weighted by molar-refractivity contribution is 5.48. The first kappa shape index (κ1) is 33.2. The molecule has 0 aromatic heterocycles. The molecule has 0 aliphatic carbocycles. The maximum Gasteiger partial charge on any atom is 0.161 e. The quantitative estimate of drug-likeness (QED) is 0.152. The van der Waals surface area contributed by atoms with E-state index >= 15 is 0 Å². The van der Waals surface area contributed by atoms with Crippen LogP contribution in [0.25, 0.3) is 0 Å². The molecule has 2 aromatic carbocycles. The van der Waals surface area contributed by atoms with Gasteiger partial charge < -0.3 is 18.9 Å². The minimum atomic E-state index is -0.769. The van der Waals surface area contributed by atoms with Crippen LogP contribution in [0, 0.1) is 39.4 Å². The largest absolute Gasteiger partial charge is 0.493 e. The van der Waals surface area contributed by atoms with Crippen molar-refractivity contribution in [3.63, 3.8) is 0 Å². The van der Waals surface area contributed by atoms with Crippen LogP contribution in [0.15, 0.2) is 41.7 Å². The summed E-state index contributed by atoms with van der Waals surface area (Å²) in [6.45, 7) is 8.91. The third-order valence-corrected chi connectivity index (χ3v) is 8.26. The van der Waals surface area contributed by atoms with Crippen LogP contribution in [0.3, 0.4) is 0 Å². The number of rotatable bonds is 17. The molecule has 0 saturated carbocycles. The topological polar surface area (TPSA) is 117 Å². The third-order valence-electron chi connectivity index (χ3n) is 8.26. The van der Waals surface area contributed by atoms with E-state index in [-0.39, 0.29) is 11.8 Å². The number of nitroso groups, excluding NO2 is 1. The van der Waals surface area contributed by atoms with Crippen molar-refractivity contribution in [3.05, 3.63) is 52.4 Å². The number of benzene rings is 2. The van der Waals surface area contributed by atoms with E-state index in [2.05, 4.69) is 17.4 Å². The molecule has 2 atom stereocenters. The number of nitriles is 2. The van der Waals surface area contributed by atoms with Crippen LogP contribution in [0.2, 0.25) is 0 Å². The third kappa shape index (κ3) is 7.21. The van der Waals surface area contributed by atoms with Gasteiger partial charge in [-0.05, 0) is 72.9 Å². The van der Waals surface area contributed by atoms with E-state index in [0.29, 0.717) is 61.8 Å². The molecule has 9 nitrogen and oxygen atoms in total. The summed E-state index contributed by atoms with van der Waals surface area (Å²) in [5.74, 6) is 2.39. The molecule has 222 valence electrons. The normalized spacial score (nSPS) is 13.9. The Hall–Kier alpha value is -3.98. The zero-order valence-electron chi connectivity index (χ0n) is 25.7. The lowest BCUT2D eigenvalue weighted by Gasteiger charge is -2.33. The van der Waals surface area contributed by atoms with Crippen LogP contribution < -0.4 is 18.9 Å². The van der Waals surface area contributed by atoms with E-state index in [1.165, 1.54) is 5.01 Å². The zero-order valence-corrected chi connectivity index (χ0v) is 25.7.